The molecular formula is C12H18N2O2. The van der Waals surface area contributed by atoms with Gasteiger partial charge in [-0.1, -0.05) is 0 Å². The van der Waals surface area contributed by atoms with E-state index < -0.39 is 0 Å². The quantitative estimate of drug-likeness (QED) is 0.836. The molecule has 1 rings (SSSR count). The second-order valence-corrected chi connectivity index (χ2v) is 4.16. The van der Waals surface area contributed by atoms with Gasteiger partial charge in [-0.3, -0.25) is 4.79 Å². The number of phenolic OH excluding ortho intramolecular Hbond substituents is 1. The first kappa shape index (κ1) is 12.5. The molecule has 0 heterocycles. The molecule has 0 spiro atoms. The Hall–Kier alpha value is -1.55. The minimum Gasteiger partial charge on any atom is -0.508 e. The third-order valence-electron chi connectivity index (χ3n) is 2.37. The summed E-state index contributed by atoms with van der Waals surface area (Å²) in [6.07, 6.45) is 0. The van der Waals surface area contributed by atoms with Gasteiger partial charge in [0.15, 0.2) is 0 Å². The molecule has 4 heteroatoms. The van der Waals surface area contributed by atoms with Crippen LogP contribution < -0.4 is 4.90 Å². The first-order valence-corrected chi connectivity index (χ1v) is 5.12. The third-order valence-corrected chi connectivity index (χ3v) is 2.37. The van der Waals surface area contributed by atoms with E-state index in [1.165, 1.54) is 0 Å². The number of hydrogen-bond acceptors (Lipinski definition) is 3. The van der Waals surface area contributed by atoms with E-state index in [0.29, 0.717) is 6.54 Å². The molecule has 1 aromatic carbocycles. The third kappa shape index (κ3) is 2.97. The molecular weight excluding hydrogens is 204 g/mol. The number of carbonyl (C=O) groups is 1. The van der Waals surface area contributed by atoms with Gasteiger partial charge in [0.25, 0.3) is 0 Å². The van der Waals surface area contributed by atoms with E-state index in [-0.39, 0.29) is 11.7 Å². The highest BCUT2D eigenvalue weighted by atomic mass is 16.3. The number of aryl methyl sites for hydroxylation is 1. The number of aromatic hydroxyl groups is 1. The lowest BCUT2D eigenvalue weighted by Crippen LogP contribution is -2.35. The van der Waals surface area contributed by atoms with Crippen molar-refractivity contribution >= 4 is 11.6 Å². The second kappa shape index (κ2) is 4.99. The Morgan fingerprint density at radius 2 is 1.94 bits per heavy atom. The molecule has 0 saturated carbocycles. The molecule has 4 nitrogen and oxygen atoms in total. The smallest absolute Gasteiger partial charge is 0.240 e. The number of hydrogen-bond donors (Lipinski definition) is 1. The van der Waals surface area contributed by atoms with Gasteiger partial charge in [-0.05, 0) is 44.8 Å². The number of nitrogens with zero attached hydrogens (tertiary/aromatic N) is 2. The van der Waals surface area contributed by atoms with Crippen molar-refractivity contribution in [3.63, 3.8) is 0 Å². The van der Waals surface area contributed by atoms with Gasteiger partial charge in [0, 0.05) is 12.7 Å². The number of anilines is 1. The molecule has 1 aromatic rings. The average Bonchev–Trinajstić information content (AvgIpc) is 2.15. The zero-order chi connectivity index (χ0) is 12.3. The fourth-order valence-electron chi connectivity index (χ4n) is 1.53. The van der Waals surface area contributed by atoms with Crippen molar-refractivity contribution in [2.24, 2.45) is 0 Å². The molecule has 1 N–H and O–H groups in total. The van der Waals surface area contributed by atoms with Crippen LogP contribution in [0.1, 0.15) is 5.56 Å². The zero-order valence-corrected chi connectivity index (χ0v) is 10.2. The van der Waals surface area contributed by atoms with Crippen LogP contribution in [-0.4, -0.2) is 43.6 Å². The molecule has 0 radical (unpaired) electrons. The lowest BCUT2D eigenvalue weighted by Gasteiger charge is -2.21. The standard InChI is InChI=1S/C12H18N2O2/c1-9-7-10(15)5-6-11(9)14(4)12(16)8-13(2)3/h5-7,15H,8H2,1-4H3. The molecule has 0 aliphatic rings. The summed E-state index contributed by atoms with van der Waals surface area (Å²) in [6.45, 7) is 2.24. The van der Waals surface area contributed by atoms with Crippen LogP contribution in [0.3, 0.4) is 0 Å². The number of amides is 1. The van der Waals surface area contributed by atoms with Crippen LogP contribution in [0.25, 0.3) is 0 Å². The van der Waals surface area contributed by atoms with E-state index in [2.05, 4.69) is 0 Å². The summed E-state index contributed by atoms with van der Waals surface area (Å²) in [5.41, 5.74) is 1.71. The highest BCUT2D eigenvalue weighted by Gasteiger charge is 2.13. The summed E-state index contributed by atoms with van der Waals surface area (Å²) in [5, 5.41) is 9.29. The number of benzene rings is 1. The Morgan fingerprint density at radius 3 is 2.44 bits per heavy atom. The van der Waals surface area contributed by atoms with Crippen molar-refractivity contribution in [3.05, 3.63) is 23.8 Å². The minimum absolute atomic E-state index is 0.0267. The summed E-state index contributed by atoms with van der Waals surface area (Å²) in [4.78, 5) is 15.2. The van der Waals surface area contributed by atoms with Gasteiger partial charge in [0.05, 0.1) is 6.54 Å². The lowest BCUT2D eigenvalue weighted by molar-refractivity contribution is -0.118. The first-order chi connectivity index (χ1) is 7.41. The molecule has 0 saturated heterocycles. The van der Waals surface area contributed by atoms with E-state index in [9.17, 15) is 9.90 Å². The molecule has 0 aliphatic heterocycles. The molecule has 1 amide bonds. The van der Waals surface area contributed by atoms with Crippen LogP contribution in [0, 0.1) is 6.92 Å². The van der Waals surface area contributed by atoms with Crippen LogP contribution in [-0.2, 0) is 4.79 Å². The summed E-state index contributed by atoms with van der Waals surface area (Å²) >= 11 is 0. The fourth-order valence-corrected chi connectivity index (χ4v) is 1.53. The number of likely N-dealkylation sites (N-methyl/N-ethyl adjacent to an activating group) is 2. The molecule has 88 valence electrons. The Morgan fingerprint density at radius 1 is 1.31 bits per heavy atom. The second-order valence-electron chi connectivity index (χ2n) is 4.16. The predicted molar refractivity (Wildman–Crippen MR) is 64.8 cm³/mol. The van der Waals surface area contributed by atoms with Crippen molar-refractivity contribution in [1.29, 1.82) is 0 Å². The summed E-state index contributed by atoms with van der Waals surface area (Å²) in [6, 6.07) is 4.98. The van der Waals surface area contributed by atoms with Crippen molar-refractivity contribution in [2.45, 2.75) is 6.92 Å². The summed E-state index contributed by atoms with van der Waals surface area (Å²) < 4.78 is 0. The van der Waals surface area contributed by atoms with Crippen LogP contribution >= 0.6 is 0 Å². The van der Waals surface area contributed by atoms with Gasteiger partial charge in [-0.2, -0.15) is 0 Å². The average molecular weight is 222 g/mol. The largest absolute Gasteiger partial charge is 0.508 e. The molecule has 0 bridgehead atoms. The topological polar surface area (TPSA) is 43.8 Å². The van der Waals surface area contributed by atoms with E-state index in [4.69, 9.17) is 0 Å². The normalized spacial score (nSPS) is 10.6. The van der Waals surface area contributed by atoms with Crippen LogP contribution in [0.5, 0.6) is 5.75 Å². The van der Waals surface area contributed by atoms with E-state index in [0.717, 1.165) is 11.3 Å². The zero-order valence-electron chi connectivity index (χ0n) is 10.2. The Balaban J connectivity index is 2.87. The van der Waals surface area contributed by atoms with Crippen LogP contribution in [0.4, 0.5) is 5.69 Å². The fraction of sp³-hybridized carbons (Fsp3) is 0.417. The molecule has 0 aromatic heterocycles. The van der Waals surface area contributed by atoms with E-state index >= 15 is 0 Å². The van der Waals surface area contributed by atoms with Gasteiger partial charge in [-0.25, -0.2) is 0 Å². The SMILES string of the molecule is Cc1cc(O)ccc1N(C)C(=O)CN(C)C. The van der Waals surface area contributed by atoms with Crippen molar-refractivity contribution in [2.75, 3.05) is 32.6 Å². The predicted octanol–water partition coefficient (Wildman–Crippen LogP) is 1.23. The highest BCUT2D eigenvalue weighted by molar-refractivity contribution is 5.95. The number of phenols is 1. The van der Waals surface area contributed by atoms with Crippen molar-refractivity contribution < 1.29 is 9.90 Å². The molecule has 0 atom stereocenters. The molecule has 16 heavy (non-hydrogen) atoms. The van der Waals surface area contributed by atoms with Crippen LogP contribution in [0.15, 0.2) is 18.2 Å². The Labute approximate surface area is 96.1 Å². The molecule has 0 fully saturated rings. The van der Waals surface area contributed by atoms with Gasteiger partial charge < -0.3 is 14.9 Å². The Bertz CT molecular complexity index is 389. The van der Waals surface area contributed by atoms with E-state index in [1.807, 2.05) is 25.9 Å². The van der Waals surface area contributed by atoms with Gasteiger partial charge >= 0.3 is 0 Å². The number of carbonyl (C=O) groups excluding carboxylic acids is 1. The Kier molecular flexibility index (Phi) is 3.90. The minimum atomic E-state index is 0.0267. The molecule has 0 unspecified atom stereocenters. The van der Waals surface area contributed by atoms with Crippen molar-refractivity contribution in [1.82, 2.24) is 4.90 Å². The molecule has 0 aliphatic carbocycles. The highest BCUT2D eigenvalue weighted by Crippen LogP contribution is 2.23. The maximum Gasteiger partial charge on any atom is 0.240 e. The summed E-state index contributed by atoms with van der Waals surface area (Å²) in [5.74, 6) is 0.244. The maximum atomic E-state index is 11.8. The number of rotatable bonds is 3. The van der Waals surface area contributed by atoms with Crippen LogP contribution in [0.2, 0.25) is 0 Å². The van der Waals surface area contributed by atoms with Gasteiger partial charge in [0.1, 0.15) is 5.75 Å². The first-order valence-electron chi connectivity index (χ1n) is 5.12. The maximum absolute atomic E-state index is 11.8. The van der Waals surface area contributed by atoms with Gasteiger partial charge in [-0.15, -0.1) is 0 Å². The van der Waals surface area contributed by atoms with Gasteiger partial charge in [0.2, 0.25) is 5.91 Å². The lowest BCUT2D eigenvalue weighted by atomic mass is 10.1. The monoisotopic (exact) mass is 222 g/mol. The summed E-state index contributed by atoms with van der Waals surface area (Å²) in [7, 11) is 5.45. The van der Waals surface area contributed by atoms with E-state index in [1.54, 1.807) is 30.1 Å². The van der Waals surface area contributed by atoms with Crippen molar-refractivity contribution in [3.8, 4) is 5.75 Å².